The zero-order chi connectivity index (χ0) is 23.2. The van der Waals surface area contributed by atoms with Crippen molar-refractivity contribution in [3.63, 3.8) is 0 Å². The molecule has 172 valence electrons. The Balaban J connectivity index is 0.000000220. The Labute approximate surface area is 193 Å². The summed E-state index contributed by atoms with van der Waals surface area (Å²) in [5.74, 6) is 2.00. The van der Waals surface area contributed by atoms with Crippen molar-refractivity contribution in [1.82, 2.24) is 5.32 Å². The maximum atomic E-state index is 11.5. The number of rotatable bonds is 7. The number of nitrogens with two attached hydrogens (primary N) is 1. The molecular weight excluding hydrogens is 404 g/mol. The maximum Gasteiger partial charge on any atom is 0.139 e. The Bertz CT molecular complexity index is 813. The Hall–Kier alpha value is -1.56. The van der Waals surface area contributed by atoms with Gasteiger partial charge in [0.25, 0.3) is 0 Å². The second kappa shape index (κ2) is 10.8. The number of nitrogens with one attached hydrogen (secondary N) is 1. The summed E-state index contributed by atoms with van der Waals surface area (Å²) in [5, 5.41) is 3.54. The number of thioether (sulfide) groups is 1. The molecule has 1 unspecified atom stereocenters. The third-order valence-electron chi connectivity index (χ3n) is 6.69. The van der Waals surface area contributed by atoms with Crippen molar-refractivity contribution in [3.05, 3.63) is 58.3 Å². The Morgan fingerprint density at radius 2 is 2.03 bits per heavy atom. The minimum absolute atomic E-state index is 0.129. The van der Waals surface area contributed by atoms with Gasteiger partial charge in [0.05, 0.1) is 0 Å². The summed E-state index contributed by atoms with van der Waals surface area (Å²) in [6.45, 7) is 17.7. The highest BCUT2D eigenvalue weighted by molar-refractivity contribution is 8.03. The van der Waals surface area contributed by atoms with Crippen LogP contribution in [0.5, 0.6) is 0 Å². The summed E-state index contributed by atoms with van der Waals surface area (Å²) in [6.07, 6.45) is 11.4. The summed E-state index contributed by atoms with van der Waals surface area (Å²) in [6, 6.07) is 0.500. The molecule has 0 bridgehead atoms. The van der Waals surface area contributed by atoms with Crippen molar-refractivity contribution in [2.75, 3.05) is 19.0 Å². The van der Waals surface area contributed by atoms with Crippen molar-refractivity contribution < 1.29 is 9.53 Å². The van der Waals surface area contributed by atoms with Crippen LogP contribution >= 0.6 is 11.8 Å². The van der Waals surface area contributed by atoms with Gasteiger partial charge in [-0.15, -0.1) is 0 Å². The van der Waals surface area contributed by atoms with Crippen molar-refractivity contribution in [1.29, 1.82) is 0 Å². The van der Waals surface area contributed by atoms with Gasteiger partial charge in [0.2, 0.25) is 0 Å². The lowest BCUT2D eigenvalue weighted by atomic mass is 9.83. The lowest BCUT2D eigenvalue weighted by Gasteiger charge is -2.29. The maximum absolute atomic E-state index is 11.5. The summed E-state index contributed by atoms with van der Waals surface area (Å²) in [5.41, 5.74) is 9.76. The Kier molecular flexibility index (Phi) is 8.99. The molecule has 0 amide bonds. The Morgan fingerprint density at radius 3 is 2.52 bits per heavy atom. The van der Waals surface area contributed by atoms with Crippen LogP contribution in [-0.4, -0.2) is 30.9 Å². The molecule has 4 nitrogen and oxygen atoms in total. The zero-order valence-corrected chi connectivity index (χ0v) is 21.0. The van der Waals surface area contributed by atoms with Gasteiger partial charge in [0.15, 0.2) is 0 Å². The molecular formula is C26H40N2O2S. The summed E-state index contributed by atoms with van der Waals surface area (Å²) in [7, 11) is 0. The molecule has 3 rings (SSSR count). The fourth-order valence-electron chi connectivity index (χ4n) is 4.00. The third-order valence-corrected chi connectivity index (χ3v) is 7.64. The van der Waals surface area contributed by atoms with Gasteiger partial charge in [0.1, 0.15) is 17.5 Å². The average molecular weight is 445 g/mol. The predicted molar refractivity (Wildman–Crippen MR) is 134 cm³/mol. The molecule has 0 spiro atoms. The van der Waals surface area contributed by atoms with Crippen molar-refractivity contribution in [2.45, 2.75) is 66.8 Å². The van der Waals surface area contributed by atoms with Crippen LogP contribution in [0, 0.1) is 10.8 Å². The van der Waals surface area contributed by atoms with E-state index in [-0.39, 0.29) is 10.8 Å². The SMILES string of the molecule is C=C/C=C(C)\C=C1/CNC(C(C)(C)CN)C1.CC(=O)C1(/C(C)=C/C2=C(C)OCS2)CC1. The van der Waals surface area contributed by atoms with Crippen LogP contribution in [0.2, 0.25) is 0 Å². The van der Waals surface area contributed by atoms with Crippen molar-refractivity contribution in [2.24, 2.45) is 16.6 Å². The lowest BCUT2D eigenvalue weighted by molar-refractivity contribution is -0.120. The highest BCUT2D eigenvalue weighted by Crippen LogP contribution is 2.53. The summed E-state index contributed by atoms with van der Waals surface area (Å²) >= 11 is 1.70. The van der Waals surface area contributed by atoms with Crippen LogP contribution in [0.4, 0.5) is 0 Å². The largest absolute Gasteiger partial charge is 0.486 e. The van der Waals surface area contributed by atoms with E-state index in [9.17, 15) is 4.79 Å². The van der Waals surface area contributed by atoms with Gasteiger partial charge >= 0.3 is 0 Å². The molecule has 1 atom stereocenters. The monoisotopic (exact) mass is 444 g/mol. The first kappa shape index (κ1) is 25.7. The minimum atomic E-state index is -0.129. The number of ketones is 1. The first-order chi connectivity index (χ1) is 14.6. The molecule has 3 aliphatic rings. The van der Waals surface area contributed by atoms with E-state index in [1.54, 1.807) is 18.7 Å². The van der Waals surface area contributed by atoms with E-state index in [1.807, 2.05) is 19.1 Å². The van der Waals surface area contributed by atoms with Gasteiger partial charge in [0, 0.05) is 22.9 Å². The van der Waals surface area contributed by atoms with Crippen molar-refractivity contribution >= 4 is 17.5 Å². The second-order valence-corrected chi connectivity index (χ2v) is 10.5. The van der Waals surface area contributed by atoms with E-state index in [0.717, 1.165) is 38.1 Å². The smallest absolute Gasteiger partial charge is 0.139 e. The lowest BCUT2D eigenvalue weighted by Crippen LogP contribution is -2.42. The van der Waals surface area contributed by atoms with Gasteiger partial charge in [-0.1, -0.05) is 67.1 Å². The van der Waals surface area contributed by atoms with Gasteiger partial charge in [-0.05, 0) is 65.0 Å². The number of ether oxygens (including phenoxy) is 1. The standard InChI is InChI=1S/C14H24N2.C12H16O2S/c1-5-6-11(2)7-12-8-13(16-9-12)14(3,4)10-15;1-8(12(4-5-12)10(3)13)6-11-9(2)14-7-15-11/h5-7,13,16H,1,8-10,15H2,2-4H3;6H,4-5,7H2,1-3H3/b11-6-,12-7-;8-6+. The topological polar surface area (TPSA) is 64.3 Å². The van der Waals surface area contributed by atoms with E-state index in [2.05, 4.69) is 51.7 Å². The summed E-state index contributed by atoms with van der Waals surface area (Å²) < 4.78 is 5.37. The molecule has 2 aliphatic heterocycles. The van der Waals surface area contributed by atoms with Crippen molar-refractivity contribution in [3.8, 4) is 0 Å². The Morgan fingerprint density at radius 1 is 1.35 bits per heavy atom. The molecule has 1 aliphatic carbocycles. The molecule has 3 N–H and O–H groups in total. The zero-order valence-electron chi connectivity index (χ0n) is 20.1. The van der Waals surface area contributed by atoms with Crippen LogP contribution in [-0.2, 0) is 9.53 Å². The van der Waals surface area contributed by atoms with Crippen LogP contribution in [0.3, 0.4) is 0 Å². The van der Waals surface area contributed by atoms with Crippen LogP contribution in [0.15, 0.2) is 58.3 Å². The number of hydrogen-bond acceptors (Lipinski definition) is 5. The molecule has 5 heteroatoms. The van der Waals surface area contributed by atoms with Crippen LogP contribution in [0.1, 0.15) is 60.8 Å². The van der Waals surface area contributed by atoms with E-state index in [1.165, 1.54) is 21.6 Å². The van der Waals surface area contributed by atoms with Gasteiger partial charge < -0.3 is 15.8 Å². The first-order valence-electron chi connectivity index (χ1n) is 11.1. The molecule has 0 aromatic heterocycles. The average Bonchev–Trinajstić information content (AvgIpc) is 3.25. The molecule has 1 saturated carbocycles. The molecule has 0 radical (unpaired) electrons. The number of allylic oxidation sites excluding steroid dienone is 7. The fourth-order valence-corrected chi connectivity index (χ4v) is 4.89. The first-order valence-corrected chi connectivity index (χ1v) is 12.1. The molecule has 2 fully saturated rings. The molecule has 1 saturated heterocycles. The highest BCUT2D eigenvalue weighted by Gasteiger charge is 2.48. The van der Waals surface area contributed by atoms with E-state index in [0.29, 0.717) is 17.8 Å². The molecule has 31 heavy (non-hydrogen) atoms. The highest BCUT2D eigenvalue weighted by atomic mass is 32.2. The van der Waals surface area contributed by atoms with E-state index in [4.69, 9.17) is 10.5 Å². The number of hydrogen-bond donors (Lipinski definition) is 2. The van der Waals surface area contributed by atoms with Gasteiger partial charge in [-0.3, -0.25) is 4.79 Å². The van der Waals surface area contributed by atoms with Crippen LogP contribution in [0.25, 0.3) is 0 Å². The van der Waals surface area contributed by atoms with Gasteiger partial charge in [-0.2, -0.15) is 0 Å². The van der Waals surface area contributed by atoms with Gasteiger partial charge in [-0.25, -0.2) is 0 Å². The minimum Gasteiger partial charge on any atom is -0.486 e. The predicted octanol–water partition coefficient (Wildman–Crippen LogP) is 5.65. The number of carbonyl (C=O) groups excluding carboxylic acids is 1. The van der Waals surface area contributed by atoms with E-state index >= 15 is 0 Å². The molecule has 0 aromatic carbocycles. The third kappa shape index (κ3) is 6.71. The molecule has 0 aromatic rings. The number of Topliss-reactive ketones (excluding diaryl/α,β-unsaturated/α-hetero) is 1. The normalized spacial score (nSPS) is 24.6. The van der Waals surface area contributed by atoms with E-state index < -0.39 is 0 Å². The number of carbonyl (C=O) groups is 1. The second-order valence-electron chi connectivity index (χ2n) is 9.57. The fraction of sp³-hybridized carbons (Fsp3) is 0.577. The summed E-state index contributed by atoms with van der Waals surface area (Å²) in [4.78, 5) is 12.7. The van der Waals surface area contributed by atoms with Crippen LogP contribution < -0.4 is 11.1 Å². The quantitative estimate of drug-likeness (QED) is 0.497. The molecule has 2 heterocycles.